The van der Waals surface area contributed by atoms with Crippen molar-refractivity contribution in [1.82, 2.24) is 15.8 Å². The number of H-pyrrole nitrogens is 1. The van der Waals surface area contributed by atoms with Crippen molar-refractivity contribution in [3.05, 3.63) is 35.8 Å². The van der Waals surface area contributed by atoms with Crippen LogP contribution in [0.25, 0.3) is 10.9 Å². The van der Waals surface area contributed by atoms with Crippen LogP contribution in [0.2, 0.25) is 0 Å². The molecule has 19 heavy (non-hydrogen) atoms. The van der Waals surface area contributed by atoms with Crippen molar-refractivity contribution in [3.63, 3.8) is 0 Å². The Labute approximate surface area is 107 Å². The molecular formula is C12H12FN3O3. The standard InChI is InChI=1S/C12H12FN3O3/c1-2-19-12(18)16-15-11(17)10-6-7-8(13)4-3-5-9(7)14-10/h3-6,14H,2H2,1H3,(H,15,17)(H,16,18). The minimum absolute atomic E-state index is 0.136. The van der Waals surface area contributed by atoms with E-state index < -0.39 is 17.8 Å². The van der Waals surface area contributed by atoms with Gasteiger partial charge in [-0.25, -0.2) is 14.6 Å². The highest BCUT2D eigenvalue weighted by Crippen LogP contribution is 2.18. The Morgan fingerprint density at radius 2 is 2.16 bits per heavy atom. The zero-order chi connectivity index (χ0) is 13.8. The van der Waals surface area contributed by atoms with Crippen LogP contribution in [-0.2, 0) is 4.74 Å². The average Bonchev–Trinajstić information content (AvgIpc) is 2.82. The van der Waals surface area contributed by atoms with Gasteiger partial charge in [-0.05, 0) is 25.1 Å². The number of nitrogens with one attached hydrogen (secondary N) is 3. The molecule has 1 heterocycles. The molecule has 0 atom stereocenters. The molecule has 2 rings (SSSR count). The normalized spacial score (nSPS) is 10.2. The Morgan fingerprint density at radius 3 is 2.84 bits per heavy atom. The molecule has 0 aliphatic carbocycles. The third-order valence-electron chi connectivity index (χ3n) is 2.41. The Bertz CT molecular complexity index is 624. The van der Waals surface area contributed by atoms with Gasteiger partial charge in [0.25, 0.3) is 5.91 Å². The maximum absolute atomic E-state index is 13.4. The highest BCUT2D eigenvalue weighted by atomic mass is 19.1. The monoisotopic (exact) mass is 265 g/mol. The number of halogens is 1. The quantitative estimate of drug-likeness (QED) is 0.723. The molecule has 0 spiro atoms. The maximum atomic E-state index is 13.4. The van der Waals surface area contributed by atoms with Crippen LogP contribution >= 0.6 is 0 Å². The van der Waals surface area contributed by atoms with Gasteiger partial charge in [0.05, 0.1) is 6.61 Å². The summed E-state index contributed by atoms with van der Waals surface area (Å²) in [5.41, 5.74) is 4.85. The van der Waals surface area contributed by atoms with E-state index in [0.717, 1.165) is 0 Å². The first kappa shape index (κ1) is 12.9. The summed E-state index contributed by atoms with van der Waals surface area (Å²) in [5.74, 6) is -1.02. The van der Waals surface area contributed by atoms with E-state index in [1.165, 1.54) is 18.2 Å². The van der Waals surface area contributed by atoms with Gasteiger partial charge in [0.1, 0.15) is 11.5 Å². The average molecular weight is 265 g/mol. The molecule has 0 unspecified atom stereocenters. The highest BCUT2D eigenvalue weighted by molar-refractivity contribution is 5.98. The maximum Gasteiger partial charge on any atom is 0.426 e. The third kappa shape index (κ3) is 2.82. The molecule has 2 aromatic rings. The molecule has 0 bridgehead atoms. The Balaban J connectivity index is 2.09. The van der Waals surface area contributed by atoms with E-state index in [9.17, 15) is 14.0 Å². The molecule has 0 radical (unpaired) electrons. The number of ether oxygens (including phenoxy) is 1. The van der Waals surface area contributed by atoms with E-state index in [-0.39, 0.29) is 12.3 Å². The number of aromatic nitrogens is 1. The minimum atomic E-state index is -0.766. The molecule has 0 aliphatic heterocycles. The molecule has 6 nitrogen and oxygen atoms in total. The predicted octanol–water partition coefficient (Wildman–Crippen LogP) is 1.70. The Hall–Kier alpha value is -2.57. The van der Waals surface area contributed by atoms with E-state index in [2.05, 4.69) is 20.6 Å². The van der Waals surface area contributed by atoms with Crippen LogP contribution in [-0.4, -0.2) is 23.6 Å². The van der Waals surface area contributed by atoms with Gasteiger partial charge in [0.15, 0.2) is 0 Å². The molecule has 100 valence electrons. The summed E-state index contributed by atoms with van der Waals surface area (Å²) < 4.78 is 18.0. The second-order valence-electron chi connectivity index (χ2n) is 3.68. The van der Waals surface area contributed by atoms with Crippen molar-refractivity contribution in [2.24, 2.45) is 0 Å². The second kappa shape index (κ2) is 5.38. The van der Waals surface area contributed by atoms with Crippen LogP contribution in [0.4, 0.5) is 9.18 Å². The summed E-state index contributed by atoms with van der Waals surface area (Å²) in [6.45, 7) is 1.83. The fourth-order valence-electron chi connectivity index (χ4n) is 1.58. The topological polar surface area (TPSA) is 83.2 Å². The smallest absolute Gasteiger partial charge is 0.426 e. The van der Waals surface area contributed by atoms with Crippen molar-refractivity contribution in [3.8, 4) is 0 Å². The van der Waals surface area contributed by atoms with Crippen LogP contribution in [0.15, 0.2) is 24.3 Å². The fourth-order valence-corrected chi connectivity index (χ4v) is 1.58. The lowest BCUT2D eigenvalue weighted by atomic mass is 10.2. The molecule has 7 heteroatoms. The van der Waals surface area contributed by atoms with Crippen LogP contribution in [0.1, 0.15) is 17.4 Å². The second-order valence-corrected chi connectivity index (χ2v) is 3.68. The first-order chi connectivity index (χ1) is 9.11. The van der Waals surface area contributed by atoms with E-state index in [4.69, 9.17) is 0 Å². The predicted molar refractivity (Wildman–Crippen MR) is 65.9 cm³/mol. The number of hydrazine groups is 1. The van der Waals surface area contributed by atoms with Crippen molar-refractivity contribution >= 4 is 22.9 Å². The molecule has 1 aromatic carbocycles. The number of benzene rings is 1. The SMILES string of the molecule is CCOC(=O)NNC(=O)c1cc2c(F)cccc2[nH]1. The summed E-state index contributed by atoms with van der Waals surface area (Å²) in [6.07, 6.45) is -0.766. The van der Waals surface area contributed by atoms with Gasteiger partial charge in [-0.2, -0.15) is 0 Å². The van der Waals surface area contributed by atoms with E-state index in [0.29, 0.717) is 10.9 Å². The molecule has 1 aromatic heterocycles. The molecule has 3 N–H and O–H groups in total. The summed E-state index contributed by atoms with van der Waals surface area (Å²) in [5, 5.41) is 0.309. The lowest BCUT2D eigenvalue weighted by Crippen LogP contribution is -2.42. The molecule has 0 saturated heterocycles. The molecule has 0 fully saturated rings. The molecule has 0 aliphatic rings. The van der Waals surface area contributed by atoms with Gasteiger partial charge in [0, 0.05) is 10.9 Å². The fraction of sp³-hybridized carbons (Fsp3) is 0.167. The lowest BCUT2D eigenvalue weighted by molar-refractivity contribution is 0.0908. The number of aromatic amines is 1. The van der Waals surface area contributed by atoms with Crippen LogP contribution in [0, 0.1) is 5.82 Å². The van der Waals surface area contributed by atoms with Gasteiger partial charge in [0.2, 0.25) is 0 Å². The highest BCUT2D eigenvalue weighted by Gasteiger charge is 2.12. The Kier molecular flexibility index (Phi) is 3.65. The minimum Gasteiger partial charge on any atom is -0.449 e. The van der Waals surface area contributed by atoms with Crippen LogP contribution < -0.4 is 10.9 Å². The van der Waals surface area contributed by atoms with Gasteiger partial charge in [-0.3, -0.25) is 10.2 Å². The number of hydrogen-bond acceptors (Lipinski definition) is 3. The van der Waals surface area contributed by atoms with Crippen molar-refractivity contribution in [2.75, 3.05) is 6.61 Å². The summed E-state index contributed by atoms with van der Waals surface area (Å²) in [4.78, 5) is 25.4. The summed E-state index contributed by atoms with van der Waals surface area (Å²) in [7, 11) is 0. The van der Waals surface area contributed by atoms with Crippen LogP contribution in [0.5, 0.6) is 0 Å². The van der Waals surface area contributed by atoms with E-state index in [1.54, 1.807) is 13.0 Å². The summed E-state index contributed by atoms with van der Waals surface area (Å²) in [6, 6.07) is 5.85. The number of carbonyl (C=O) groups is 2. The van der Waals surface area contributed by atoms with Gasteiger partial charge in [-0.1, -0.05) is 6.07 Å². The number of rotatable bonds is 2. The lowest BCUT2D eigenvalue weighted by Gasteiger charge is -2.05. The van der Waals surface area contributed by atoms with Gasteiger partial charge < -0.3 is 9.72 Å². The number of hydrogen-bond donors (Lipinski definition) is 3. The molecule has 2 amide bonds. The van der Waals surface area contributed by atoms with Crippen molar-refractivity contribution in [1.29, 1.82) is 0 Å². The van der Waals surface area contributed by atoms with Crippen molar-refractivity contribution in [2.45, 2.75) is 6.92 Å². The first-order valence-corrected chi connectivity index (χ1v) is 5.62. The first-order valence-electron chi connectivity index (χ1n) is 5.62. The number of carbonyl (C=O) groups excluding carboxylic acids is 2. The largest absolute Gasteiger partial charge is 0.449 e. The van der Waals surface area contributed by atoms with E-state index >= 15 is 0 Å². The number of fused-ring (bicyclic) bond motifs is 1. The van der Waals surface area contributed by atoms with E-state index in [1.807, 2.05) is 0 Å². The van der Waals surface area contributed by atoms with Gasteiger partial charge >= 0.3 is 6.09 Å². The van der Waals surface area contributed by atoms with Gasteiger partial charge in [-0.15, -0.1) is 0 Å². The number of amides is 2. The third-order valence-corrected chi connectivity index (χ3v) is 2.41. The molecular weight excluding hydrogens is 253 g/mol. The zero-order valence-electron chi connectivity index (χ0n) is 10.1. The van der Waals surface area contributed by atoms with Crippen LogP contribution in [0.3, 0.4) is 0 Å². The zero-order valence-corrected chi connectivity index (χ0v) is 10.1. The molecule has 0 saturated carbocycles. The van der Waals surface area contributed by atoms with Crippen molar-refractivity contribution < 1.29 is 18.7 Å². The Morgan fingerprint density at radius 1 is 1.37 bits per heavy atom. The summed E-state index contributed by atoms with van der Waals surface area (Å²) >= 11 is 0.